The van der Waals surface area contributed by atoms with E-state index in [-0.39, 0.29) is 17.3 Å². The minimum Gasteiger partial charge on any atom is -0.287 e. The van der Waals surface area contributed by atoms with Crippen molar-refractivity contribution in [3.05, 3.63) is 0 Å². The summed E-state index contributed by atoms with van der Waals surface area (Å²) in [5, 5.41) is -0.358. The molecule has 0 amide bonds. The highest BCUT2D eigenvalue weighted by molar-refractivity contribution is 8.13. The first-order chi connectivity index (χ1) is 8.60. The van der Waals surface area contributed by atoms with Crippen molar-refractivity contribution in [1.29, 1.82) is 0 Å². The molecular weight excluding hydrogens is 301 g/mol. The Morgan fingerprint density at radius 1 is 1.21 bits per heavy atom. The highest BCUT2D eigenvalue weighted by Crippen LogP contribution is 2.41. The van der Waals surface area contributed by atoms with E-state index < -0.39 is 37.3 Å². The molecule has 0 aliphatic rings. The van der Waals surface area contributed by atoms with E-state index in [2.05, 4.69) is 0 Å². The van der Waals surface area contributed by atoms with E-state index in [0.29, 0.717) is 11.8 Å². The van der Waals surface area contributed by atoms with E-state index in [9.17, 15) is 35.5 Å². The molecule has 0 aliphatic heterocycles. The Labute approximate surface area is 109 Å². The Balaban J connectivity index is 4.47. The molecule has 0 saturated heterocycles. The van der Waals surface area contributed by atoms with Gasteiger partial charge in [0.1, 0.15) is 6.17 Å². The van der Waals surface area contributed by atoms with E-state index in [0.717, 1.165) is 0 Å². The molecular formula is C10H13F7OS. The predicted molar refractivity (Wildman–Crippen MR) is 58.0 cm³/mol. The van der Waals surface area contributed by atoms with Gasteiger partial charge in [-0.3, -0.25) is 4.79 Å². The summed E-state index contributed by atoms with van der Waals surface area (Å²) < 4.78 is 88.4. The van der Waals surface area contributed by atoms with Gasteiger partial charge in [0.25, 0.3) is 0 Å². The highest BCUT2D eigenvalue weighted by Gasteiger charge is 2.64. The van der Waals surface area contributed by atoms with Crippen molar-refractivity contribution in [2.24, 2.45) is 0 Å². The fourth-order valence-corrected chi connectivity index (χ4v) is 1.83. The topological polar surface area (TPSA) is 17.1 Å². The lowest BCUT2D eigenvalue weighted by Gasteiger charge is -2.28. The van der Waals surface area contributed by atoms with Crippen LogP contribution in [-0.4, -0.2) is 41.7 Å². The van der Waals surface area contributed by atoms with Gasteiger partial charge in [0.15, 0.2) is 11.8 Å². The van der Waals surface area contributed by atoms with Crippen LogP contribution in [0.1, 0.15) is 19.8 Å². The minimum atomic E-state index is -5.43. The van der Waals surface area contributed by atoms with Crippen LogP contribution < -0.4 is 0 Å². The van der Waals surface area contributed by atoms with Gasteiger partial charge in [0.2, 0.25) is 6.17 Å². The van der Waals surface area contributed by atoms with E-state index in [1.807, 2.05) is 0 Å². The van der Waals surface area contributed by atoms with Gasteiger partial charge in [-0.15, -0.1) is 0 Å². The van der Waals surface area contributed by atoms with Crippen LogP contribution in [-0.2, 0) is 4.79 Å². The maximum atomic E-state index is 13.1. The van der Waals surface area contributed by atoms with E-state index >= 15 is 0 Å². The molecule has 0 fully saturated rings. The van der Waals surface area contributed by atoms with Crippen molar-refractivity contribution in [3.8, 4) is 0 Å². The van der Waals surface area contributed by atoms with Gasteiger partial charge < -0.3 is 0 Å². The molecule has 0 radical (unpaired) electrons. The first-order valence-corrected chi connectivity index (χ1v) is 6.34. The first-order valence-electron chi connectivity index (χ1n) is 5.35. The van der Waals surface area contributed by atoms with Gasteiger partial charge in [0.05, 0.1) is 0 Å². The lowest BCUT2D eigenvalue weighted by atomic mass is 10.0. The fraction of sp³-hybridized carbons (Fsp3) is 0.900. The second-order valence-corrected chi connectivity index (χ2v) is 4.89. The van der Waals surface area contributed by atoms with Crippen molar-refractivity contribution in [3.63, 3.8) is 0 Å². The van der Waals surface area contributed by atoms with Crippen molar-refractivity contribution in [2.75, 3.05) is 12.4 Å². The summed E-state index contributed by atoms with van der Waals surface area (Å²) in [4.78, 5) is 10.8. The van der Waals surface area contributed by atoms with Gasteiger partial charge in [-0.1, -0.05) is 18.7 Å². The second kappa shape index (κ2) is 7.35. The number of alkyl halides is 7. The Bertz CT molecular complexity index is 298. The standard InChI is InChI=1S/C10H13F7OS/c1-2-7(18)19-4-3-6(12)8(13)10(16,17)9(14,15)5-11/h6,8H,2-5H2,1H3. The van der Waals surface area contributed by atoms with Gasteiger partial charge in [-0.25, -0.2) is 13.2 Å². The zero-order valence-electron chi connectivity index (χ0n) is 9.95. The maximum absolute atomic E-state index is 13.1. The molecule has 0 N–H and O–H groups in total. The molecule has 0 spiro atoms. The summed E-state index contributed by atoms with van der Waals surface area (Å²) in [6.07, 6.45) is -7.44. The van der Waals surface area contributed by atoms with Gasteiger partial charge >= 0.3 is 11.8 Å². The predicted octanol–water partition coefficient (Wildman–Crippen LogP) is 3.96. The molecule has 0 saturated carbocycles. The van der Waals surface area contributed by atoms with Crippen LogP contribution in [0.15, 0.2) is 0 Å². The lowest BCUT2D eigenvalue weighted by Crippen LogP contribution is -2.52. The molecule has 0 heterocycles. The van der Waals surface area contributed by atoms with Crippen molar-refractivity contribution >= 4 is 16.9 Å². The Morgan fingerprint density at radius 2 is 1.74 bits per heavy atom. The lowest BCUT2D eigenvalue weighted by molar-refractivity contribution is -0.252. The summed E-state index contributed by atoms with van der Waals surface area (Å²) in [6, 6.07) is 0. The average Bonchev–Trinajstić information content (AvgIpc) is 2.36. The smallest absolute Gasteiger partial charge is 0.287 e. The first kappa shape index (κ1) is 18.5. The fourth-order valence-electron chi connectivity index (χ4n) is 1.05. The number of thioether (sulfide) groups is 1. The molecule has 0 aliphatic carbocycles. The van der Waals surface area contributed by atoms with Gasteiger partial charge in [-0.05, 0) is 6.42 Å². The molecule has 0 rings (SSSR count). The van der Waals surface area contributed by atoms with Crippen LogP contribution in [0, 0.1) is 0 Å². The van der Waals surface area contributed by atoms with Crippen molar-refractivity contribution in [1.82, 2.24) is 0 Å². The Morgan fingerprint density at radius 3 is 2.16 bits per heavy atom. The summed E-state index contributed by atoms with van der Waals surface area (Å²) in [7, 11) is 0. The maximum Gasteiger partial charge on any atom is 0.346 e. The van der Waals surface area contributed by atoms with Gasteiger partial charge in [0, 0.05) is 12.2 Å². The summed E-state index contributed by atoms with van der Waals surface area (Å²) in [5.74, 6) is -11.0. The SMILES string of the molecule is CCC(=O)SCCC(F)C(F)C(F)(F)C(F)(F)CF. The van der Waals surface area contributed by atoms with Crippen LogP contribution in [0.25, 0.3) is 0 Å². The molecule has 0 aromatic heterocycles. The molecule has 19 heavy (non-hydrogen) atoms. The molecule has 0 aromatic carbocycles. The molecule has 0 aromatic rings. The van der Waals surface area contributed by atoms with E-state index in [4.69, 9.17) is 0 Å². The normalized spacial score (nSPS) is 16.2. The third-order valence-electron chi connectivity index (χ3n) is 2.26. The molecule has 1 nitrogen and oxygen atoms in total. The minimum absolute atomic E-state index is 0.122. The second-order valence-electron chi connectivity index (χ2n) is 3.74. The summed E-state index contributed by atoms with van der Waals surface area (Å²) in [5.41, 5.74) is 0. The number of carbonyl (C=O) groups is 1. The number of halogens is 7. The van der Waals surface area contributed by atoms with E-state index in [1.54, 1.807) is 0 Å². The van der Waals surface area contributed by atoms with Crippen LogP contribution in [0.3, 0.4) is 0 Å². The molecule has 2 atom stereocenters. The quantitative estimate of drug-likeness (QED) is 0.631. The Kier molecular flexibility index (Phi) is 7.17. The average molecular weight is 314 g/mol. The summed E-state index contributed by atoms with van der Waals surface area (Å²) >= 11 is 0.594. The largest absolute Gasteiger partial charge is 0.346 e. The van der Waals surface area contributed by atoms with Crippen molar-refractivity contribution in [2.45, 2.75) is 44.0 Å². The monoisotopic (exact) mass is 314 g/mol. The van der Waals surface area contributed by atoms with Crippen LogP contribution in [0.2, 0.25) is 0 Å². The van der Waals surface area contributed by atoms with Gasteiger partial charge in [-0.2, -0.15) is 17.6 Å². The van der Waals surface area contributed by atoms with Crippen LogP contribution >= 0.6 is 11.8 Å². The number of hydrogen-bond donors (Lipinski definition) is 0. The summed E-state index contributed by atoms with van der Waals surface area (Å²) in [6.45, 7) is -1.27. The number of carbonyl (C=O) groups excluding carboxylic acids is 1. The molecule has 114 valence electrons. The Hall–Kier alpha value is -0.470. The zero-order valence-corrected chi connectivity index (χ0v) is 10.8. The number of rotatable bonds is 8. The van der Waals surface area contributed by atoms with Crippen molar-refractivity contribution < 1.29 is 35.5 Å². The van der Waals surface area contributed by atoms with Crippen LogP contribution in [0.4, 0.5) is 30.7 Å². The third kappa shape index (κ3) is 4.85. The van der Waals surface area contributed by atoms with Crippen LogP contribution in [0.5, 0.6) is 0 Å². The third-order valence-corrected chi connectivity index (χ3v) is 3.32. The highest BCUT2D eigenvalue weighted by atomic mass is 32.2. The molecule has 2 unspecified atom stereocenters. The number of hydrogen-bond acceptors (Lipinski definition) is 2. The molecule has 0 bridgehead atoms. The van der Waals surface area contributed by atoms with E-state index in [1.165, 1.54) is 6.92 Å². The zero-order chi connectivity index (χ0) is 15.3. The molecule has 9 heteroatoms.